The van der Waals surface area contributed by atoms with Gasteiger partial charge < -0.3 is 20.2 Å². The monoisotopic (exact) mass is 469 g/mol. The maximum Gasteiger partial charge on any atom is 0.192 e. The fourth-order valence-electron chi connectivity index (χ4n) is 5.90. The molecule has 182 valence electrons. The molecule has 0 bridgehead atoms. The van der Waals surface area contributed by atoms with Crippen LogP contribution in [0.2, 0.25) is 0 Å². The first-order valence-electron chi connectivity index (χ1n) is 12.7. The van der Waals surface area contributed by atoms with Crippen molar-refractivity contribution in [3.63, 3.8) is 0 Å². The number of carbonyl (C=O) groups excluding carboxylic acids is 1. The smallest absolute Gasteiger partial charge is 0.192 e. The highest BCUT2D eigenvalue weighted by molar-refractivity contribution is 5.84. The molecule has 0 saturated heterocycles. The predicted molar refractivity (Wildman–Crippen MR) is 139 cm³/mol. The lowest BCUT2D eigenvalue weighted by Crippen LogP contribution is -2.48. The molecule has 5 heteroatoms. The van der Waals surface area contributed by atoms with E-state index in [9.17, 15) is 4.79 Å². The highest BCUT2D eigenvalue weighted by Gasteiger charge is 2.59. The number of methoxy groups -OCH3 is 1. The number of carbonyl (C=O) groups is 1. The number of aldehydes is 1. The van der Waals surface area contributed by atoms with Gasteiger partial charge in [0.05, 0.1) is 6.10 Å². The zero-order chi connectivity index (χ0) is 24.5. The summed E-state index contributed by atoms with van der Waals surface area (Å²) in [6.45, 7) is 0.629. The van der Waals surface area contributed by atoms with E-state index in [1.165, 1.54) is 18.4 Å². The molecule has 2 fully saturated rings. The van der Waals surface area contributed by atoms with Gasteiger partial charge in [-0.3, -0.25) is 0 Å². The van der Waals surface area contributed by atoms with Crippen molar-refractivity contribution in [2.24, 2.45) is 22.1 Å². The zero-order valence-electron chi connectivity index (χ0n) is 20.8. The number of nitrogens with zero attached hydrogens (tertiary/aromatic N) is 2. The van der Waals surface area contributed by atoms with Crippen molar-refractivity contribution in [3.05, 3.63) is 70.8 Å². The number of hydrogen-bond acceptors (Lipinski definition) is 3. The van der Waals surface area contributed by atoms with Gasteiger partial charge in [0.2, 0.25) is 0 Å². The molecule has 0 aliphatic heterocycles. The number of hydrogen-bond donors (Lipinski definition) is 1. The Kier molecular flexibility index (Phi) is 6.42. The molecule has 0 amide bonds. The van der Waals surface area contributed by atoms with Crippen LogP contribution in [-0.4, -0.2) is 37.4 Å². The molecule has 0 heterocycles. The van der Waals surface area contributed by atoms with Gasteiger partial charge in [0.25, 0.3) is 0 Å². The van der Waals surface area contributed by atoms with E-state index in [4.69, 9.17) is 15.5 Å². The van der Waals surface area contributed by atoms with Gasteiger partial charge in [0.15, 0.2) is 17.8 Å². The third-order valence-corrected chi connectivity index (χ3v) is 8.19. The van der Waals surface area contributed by atoms with Crippen molar-refractivity contribution in [2.45, 2.75) is 63.1 Å². The summed E-state index contributed by atoms with van der Waals surface area (Å²) in [6.07, 6.45) is 8.09. The molecule has 5 rings (SSSR count). The van der Waals surface area contributed by atoms with Crippen molar-refractivity contribution in [3.8, 4) is 11.8 Å². The molecular formula is C30H35N3O2. The van der Waals surface area contributed by atoms with E-state index in [1.807, 2.05) is 30.1 Å². The normalized spacial score (nSPS) is 27.7. The zero-order valence-corrected chi connectivity index (χ0v) is 20.8. The fraction of sp³-hybridized carbons (Fsp3) is 0.467. The number of nitrogens with two attached hydrogens (primary N) is 1. The number of fused-ring (bicyclic) bond motifs is 1. The fourth-order valence-corrected chi connectivity index (χ4v) is 5.90. The largest absolute Gasteiger partial charge is 0.381 e. The summed E-state index contributed by atoms with van der Waals surface area (Å²) in [5.41, 5.74) is 9.56. The second kappa shape index (κ2) is 9.51. The Bertz CT molecular complexity index is 1170. The number of aliphatic imine (C=N–C) groups is 1. The first-order valence-corrected chi connectivity index (χ1v) is 12.7. The van der Waals surface area contributed by atoms with Crippen molar-refractivity contribution < 1.29 is 9.53 Å². The minimum Gasteiger partial charge on any atom is -0.381 e. The minimum atomic E-state index is -1.02. The third-order valence-electron chi connectivity index (χ3n) is 8.19. The molecule has 3 aliphatic carbocycles. The predicted octanol–water partition coefficient (Wildman–Crippen LogP) is 4.42. The van der Waals surface area contributed by atoms with Crippen LogP contribution in [0, 0.1) is 23.2 Å². The van der Waals surface area contributed by atoms with Crippen molar-refractivity contribution in [2.75, 3.05) is 14.2 Å². The Balaban J connectivity index is 1.55. The van der Waals surface area contributed by atoms with Crippen LogP contribution in [0.25, 0.3) is 0 Å². The summed E-state index contributed by atoms with van der Waals surface area (Å²) < 4.78 is 5.66. The Morgan fingerprint density at radius 1 is 1.17 bits per heavy atom. The summed E-state index contributed by atoms with van der Waals surface area (Å²) in [6, 6.07) is 16.5. The summed E-state index contributed by atoms with van der Waals surface area (Å²) >= 11 is 0. The maximum atomic E-state index is 13.2. The third kappa shape index (κ3) is 4.48. The summed E-state index contributed by atoms with van der Waals surface area (Å²) in [5.74, 6) is 7.60. The van der Waals surface area contributed by atoms with Crippen LogP contribution >= 0.6 is 0 Å². The maximum absolute atomic E-state index is 13.2. The first-order chi connectivity index (χ1) is 17.0. The molecule has 3 aliphatic rings. The van der Waals surface area contributed by atoms with Crippen LogP contribution < -0.4 is 5.73 Å². The lowest BCUT2D eigenvalue weighted by Gasteiger charge is -2.45. The highest BCUT2D eigenvalue weighted by atomic mass is 16.5. The SMILES string of the molecule is COC1CCC2(CC1)Cc1ccc(C#CC3CC3)cc1[C@@]2(C=O)/N=C(/N)N(C)Cc1ccccc1. The van der Waals surface area contributed by atoms with Gasteiger partial charge in [-0.25, -0.2) is 4.99 Å². The van der Waals surface area contributed by atoms with Crippen molar-refractivity contribution in [1.29, 1.82) is 0 Å². The molecule has 1 spiro atoms. The molecule has 2 aromatic rings. The lowest BCUT2D eigenvalue weighted by molar-refractivity contribution is -0.118. The second-order valence-corrected chi connectivity index (χ2v) is 10.5. The van der Waals surface area contributed by atoms with Gasteiger partial charge in [-0.05, 0) is 73.8 Å². The van der Waals surface area contributed by atoms with Crippen LogP contribution in [0.5, 0.6) is 0 Å². The van der Waals surface area contributed by atoms with E-state index in [-0.39, 0.29) is 11.5 Å². The van der Waals surface area contributed by atoms with Crippen LogP contribution in [0.3, 0.4) is 0 Å². The van der Waals surface area contributed by atoms with Crippen LogP contribution in [-0.2, 0) is 28.0 Å². The highest BCUT2D eigenvalue weighted by Crippen LogP contribution is 2.59. The molecule has 2 aromatic carbocycles. The number of benzene rings is 2. The topological polar surface area (TPSA) is 67.9 Å². The molecule has 35 heavy (non-hydrogen) atoms. The molecule has 0 radical (unpaired) electrons. The molecular weight excluding hydrogens is 434 g/mol. The standard InChI is InChI=1S/C30H35N3O2/c1-33(20-24-6-4-3-5-7-24)28(31)32-30(21-34)27-18-23(11-10-22-8-9-22)12-13-25(27)19-29(30)16-14-26(35-2)15-17-29/h3-7,12-13,18,21-22,26H,8-9,14-17,19-20H2,1-2H3,(H2,31,32)/t26?,29?,30-/m1/s1. The molecule has 0 unspecified atom stereocenters. The minimum absolute atomic E-state index is 0.232. The van der Waals surface area contributed by atoms with Gasteiger partial charge in [-0.2, -0.15) is 0 Å². The Morgan fingerprint density at radius 3 is 2.57 bits per heavy atom. The Labute approximate surface area is 208 Å². The summed E-state index contributed by atoms with van der Waals surface area (Å²) in [5, 5.41) is 0. The van der Waals surface area contributed by atoms with E-state index in [1.54, 1.807) is 7.11 Å². The first kappa shape index (κ1) is 23.6. The van der Waals surface area contributed by atoms with Crippen LogP contribution in [0.15, 0.2) is 53.5 Å². The lowest BCUT2D eigenvalue weighted by atomic mass is 9.62. The van der Waals surface area contributed by atoms with Gasteiger partial charge in [-0.15, -0.1) is 0 Å². The van der Waals surface area contributed by atoms with E-state index < -0.39 is 5.54 Å². The second-order valence-electron chi connectivity index (χ2n) is 10.5. The van der Waals surface area contributed by atoms with Crippen molar-refractivity contribution in [1.82, 2.24) is 4.90 Å². The molecule has 2 saturated carbocycles. The quantitative estimate of drug-likeness (QED) is 0.305. The van der Waals surface area contributed by atoms with Gasteiger partial charge in [-0.1, -0.05) is 48.2 Å². The summed E-state index contributed by atoms with van der Waals surface area (Å²) in [7, 11) is 3.71. The number of guanidine groups is 1. The van der Waals surface area contributed by atoms with Crippen molar-refractivity contribution >= 4 is 12.2 Å². The average molecular weight is 470 g/mol. The number of rotatable bonds is 5. The molecule has 5 nitrogen and oxygen atoms in total. The van der Waals surface area contributed by atoms with Gasteiger partial charge in [0.1, 0.15) is 0 Å². The Morgan fingerprint density at radius 2 is 1.91 bits per heavy atom. The molecule has 0 aromatic heterocycles. The molecule has 2 N–H and O–H groups in total. The summed E-state index contributed by atoms with van der Waals surface area (Å²) in [4.78, 5) is 20.2. The van der Waals surface area contributed by atoms with Crippen LogP contribution in [0.4, 0.5) is 0 Å². The van der Waals surface area contributed by atoms with Crippen LogP contribution in [0.1, 0.15) is 60.8 Å². The van der Waals surface area contributed by atoms with Gasteiger partial charge in [0, 0.05) is 37.6 Å². The van der Waals surface area contributed by atoms with E-state index >= 15 is 0 Å². The molecule has 1 atom stereocenters. The average Bonchev–Trinajstić information content (AvgIpc) is 3.68. The van der Waals surface area contributed by atoms with Gasteiger partial charge >= 0.3 is 0 Å². The van der Waals surface area contributed by atoms with E-state index in [2.05, 4.69) is 42.2 Å². The van der Waals surface area contributed by atoms with E-state index in [0.717, 1.165) is 55.1 Å². The number of ether oxygens (including phenoxy) is 1. The Hall–Kier alpha value is -3.10. The van der Waals surface area contributed by atoms with E-state index in [0.29, 0.717) is 18.4 Å².